The van der Waals surface area contributed by atoms with Crippen LogP contribution in [-0.4, -0.2) is 25.8 Å². The van der Waals surface area contributed by atoms with Gasteiger partial charge in [-0.1, -0.05) is 42.8 Å². The van der Waals surface area contributed by atoms with Crippen LogP contribution in [0.25, 0.3) is 0 Å². The molecule has 1 saturated carbocycles. The second kappa shape index (κ2) is 9.25. The van der Waals surface area contributed by atoms with E-state index in [1.807, 2.05) is 54.6 Å². The molecule has 2 N–H and O–H groups in total. The van der Waals surface area contributed by atoms with Gasteiger partial charge in [-0.05, 0) is 30.5 Å². The second-order valence-corrected chi connectivity index (χ2v) is 6.65. The highest BCUT2D eigenvalue weighted by Crippen LogP contribution is 2.26. The zero-order chi connectivity index (χ0) is 18.2. The number of hydrogen-bond donors (Lipinski definition) is 2. The number of nitrogens with one attached hydrogen (secondary N) is 2. The highest BCUT2D eigenvalue weighted by atomic mass is 16.5. The van der Waals surface area contributed by atoms with Crippen molar-refractivity contribution in [3.05, 3.63) is 60.2 Å². The fourth-order valence-electron chi connectivity index (χ4n) is 3.38. The Bertz CT molecular complexity index is 705. The van der Waals surface area contributed by atoms with Gasteiger partial charge >= 0.3 is 6.03 Å². The van der Waals surface area contributed by atoms with E-state index in [1.54, 1.807) is 7.11 Å². The van der Waals surface area contributed by atoms with E-state index < -0.39 is 0 Å². The van der Waals surface area contributed by atoms with E-state index in [4.69, 9.17) is 9.47 Å². The maximum absolute atomic E-state index is 12.3. The first-order chi connectivity index (χ1) is 12.7. The summed E-state index contributed by atoms with van der Waals surface area (Å²) in [7, 11) is 1.70. The van der Waals surface area contributed by atoms with Gasteiger partial charge in [-0.25, -0.2) is 4.79 Å². The second-order valence-electron chi connectivity index (χ2n) is 6.65. The van der Waals surface area contributed by atoms with Crippen molar-refractivity contribution in [1.82, 2.24) is 5.32 Å². The number of hydrogen-bond acceptors (Lipinski definition) is 3. The Labute approximate surface area is 154 Å². The molecule has 2 atom stereocenters. The summed E-state index contributed by atoms with van der Waals surface area (Å²) in [5, 5.41) is 5.97. The molecule has 0 bridgehead atoms. The van der Waals surface area contributed by atoms with E-state index >= 15 is 0 Å². The molecule has 26 heavy (non-hydrogen) atoms. The number of carbonyl (C=O) groups excluding carboxylic acids is 1. The van der Waals surface area contributed by atoms with E-state index in [9.17, 15) is 4.79 Å². The minimum Gasteiger partial charge on any atom is -0.489 e. The fraction of sp³-hybridized carbons (Fsp3) is 0.381. The van der Waals surface area contributed by atoms with Crippen molar-refractivity contribution in [2.45, 2.75) is 31.9 Å². The molecule has 0 heterocycles. The summed E-state index contributed by atoms with van der Waals surface area (Å²) in [6.45, 7) is 1.19. The van der Waals surface area contributed by atoms with Crippen LogP contribution in [0, 0.1) is 5.92 Å². The van der Waals surface area contributed by atoms with Crippen molar-refractivity contribution in [2.75, 3.05) is 19.0 Å². The molecule has 2 aromatic rings. The smallest absolute Gasteiger partial charge is 0.319 e. The first kappa shape index (κ1) is 18.3. The first-order valence-electron chi connectivity index (χ1n) is 9.08. The van der Waals surface area contributed by atoms with Crippen molar-refractivity contribution in [2.24, 2.45) is 5.92 Å². The quantitative estimate of drug-likeness (QED) is 0.783. The maximum Gasteiger partial charge on any atom is 0.319 e. The molecular formula is C21H26N2O3. The molecule has 1 aliphatic rings. The molecule has 0 aromatic heterocycles. The molecular weight excluding hydrogens is 328 g/mol. The lowest BCUT2D eigenvalue weighted by atomic mass is 10.1. The van der Waals surface area contributed by atoms with Crippen LogP contribution in [0.5, 0.6) is 5.75 Å². The summed E-state index contributed by atoms with van der Waals surface area (Å²) in [5.74, 6) is 1.12. The van der Waals surface area contributed by atoms with Gasteiger partial charge in [0.15, 0.2) is 0 Å². The van der Waals surface area contributed by atoms with E-state index in [-0.39, 0.29) is 12.1 Å². The van der Waals surface area contributed by atoms with Crippen molar-refractivity contribution in [3.8, 4) is 5.75 Å². The van der Waals surface area contributed by atoms with Crippen molar-refractivity contribution < 1.29 is 14.3 Å². The van der Waals surface area contributed by atoms with Gasteiger partial charge in [0, 0.05) is 30.8 Å². The van der Waals surface area contributed by atoms with Crippen LogP contribution in [0.2, 0.25) is 0 Å². The highest BCUT2D eigenvalue weighted by molar-refractivity contribution is 5.89. The number of anilines is 1. The number of ether oxygens (including phenoxy) is 2. The molecule has 1 fully saturated rings. The van der Waals surface area contributed by atoms with E-state index in [0.29, 0.717) is 24.8 Å². The van der Waals surface area contributed by atoms with Gasteiger partial charge in [-0.2, -0.15) is 0 Å². The van der Waals surface area contributed by atoms with Crippen molar-refractivity contribution >= 4 is 11.7 Å². The van der Waals surface area contributed by atoms with Crippen molar-refractivity contribution in [1.29, 1.82) is 0 Å². The standard InChI is InChI=1S/C21H26N2O3/c1-25-15-17-9-5-12-20(17)23-21(24)22-18-10-6-11-19(13-18)26-14-16-7-3-2-4-8-16/h2-4,6-8,10-11,13,17,20H,5,9,12,14-15H2,1H3,(H2,22,23,24)/t17-,20-/m0/s1. The van der Waals surface area contributed by atoms with Crippen LogP contribution < -0.4 is 15.4 Å². The largest absolute Gasteiger partial charge is 0.489 e. The lowest BCUT2D eigenvalue weighted by molar-refractivity contribution is 0.142. The Morgan fingerprint density at radius 2 is 1.96 bits per heavy atom. The van der Waals surface area contributed by atoms with Gasteiger partial charge in [0.25, 0.3) is 0 Å². The topological polar surface area (TPSA) is 59.6 Å². The Balaban J connectivity index is 1.52. The zero-order valence-electron chi connectivity index (χ0n) is 15.1. The Morgan fingerprint density at radius 3 is 2.77 bits per heavy atom. The molecule has 0 saturated heterocycles. The summed E-state index contributed by atoms with van der Waals surface area (Å²) < 4.78 is 11.1. The predicted octanol–water partition coefficient (Wildman–Crippen LogP) is 4.20. The van der Waals surface area contributed by atoms with Crippen molar-refractivity contribution in [3.63, 3.8) is 0 Å². The fourth-order valence-corrected chi connectivity index (χ4v) is 3.38. The predicted molar refractivity (Wildman–Crippen MR) is 102 cm³/mol. The van der Waals surface area contributed by atoms with Gasteiger partial charge < -0.3 is 20.1 Å². The zero-order valence-corrected chi connectivity index (χ0v) is 15.1. The van der Waals surface area contributed by atoms with E-state index in [0.717, 1.165) is 30.6 Å². The van der Waals surface area contributed by atoms with E-state index in [1.165, 1.54) is 0 Å². The Morgan fingerprint density at radius 1 is 1.12 bits per heavy atom. The third-order valence-electron chi connectivity index (χ3n) is 4.70. The monoisotopic (exact) mass is 354 g/mol. The minimum absolute atomic E-state index is 0.174. The third kappa shape index (κ3) is 5.23. The molecule has 1 aliphatic carbocycles. The number of rotatable bonds is 7. The summed E-state index contributed by atoms with van der Waals surface area (Å²) >= 11 is 0. The van der Waals surface area contributed by atoms with E-state index in [2.05, 4.69) is 10.6 Å². The normalized spacial score (nSPS) is 19.1. The van der Waals surface area contributed by atoms with Gasteiger partial charge in [0.2, 0.25) is 0 Å². The molecule has 138 valence electrons. The van der Waals surface area contributed by atoms with Gasteiger partial charge in [-0.15, -0.1) is 0 Å². The lowest BCUT2D eigenvalue weighted by Crippen LogP contribution is -2.41. The average Bonchev–Trinajstić information content (AvgIpc) is 3.08. The summed E-state index contributed by atoms with van der Waals surface area (Å²) in [6.07, 6.45) is 3.23. The Hall–Kier alpha value is -2.53. The number of methoxy groups -OCH3 is 1. The molecule has 3 rings (SSSR count). The lowest BCUT2D eigenvalue weighted by Gasteiger charge is -2.20. The van der Waals surface area contributed by atoms with Crippen LogP contribution in [0.1, 0.15) is 24.8 Å². The van der Waals surface area contributed by atoms with Crippen LogP contribution in [0.15, 0.2) is 54.6 Å². The average molecular weight is 354 g/mol. The first-order valence-corrected chi connectivity index (χ1v) is 9.08. The molecule has 0 unspecified atom stereocenters. The molecule has 2 amide bonds. The molecule has 5 nitrogen and oxygen atoms in total. The third-order valence-corrected chi connectivity index (χ3v) is 4.70. The summed E-state index contributed by atoms with van der Waals surface area (Å²) in [5.41, 5.74) is 1.82. The summed E-state index contributed by atoms with van der Waals surface area (Å²) in [4.78, 5) is 12.3. The molecule has 0 radical (unpaired) electrons. The molecule has 5 heteroatoms. The minimum atomic E-state index is -0.182. The van der Waals surface area contributed by atoms with Crippen LogP contribution in [0.4, 0.5) is 10.5 Å². The van der Waals surface area contributed by atoms with Crippen LogP contribution in [0.3, 0.4) is 0 Å². The number of amides is 2. The molecule has 0 spiro atoms. The maximum atomic E-state index is 12.3. The summed E-state index contributed by atoms with van der Waals surface area (Å²) in [6, 6.07) is 17.4. The number of urea groups is 1. The van der Waals surface area contributed by atoms with Gasteiger partial charge in [0.05, 0.1) is 6.61 Å². The number of carbonyl (C=O) groups is 1. The molecule has 2 aromatic carbocycles. The van der Waals surface area contributed by atoms with Gasteiger partial charge in [-0.3, -0.25) is 0 Å². The van der Waals surface area contributed by atoms with Crippen LogP contribution in [-0.2, 0) is 11.3 Å². The molecule has 0 aliphatic heterocycles. The highest BCUT2D eigenvalue weighted by Gasteiger charge is 2.28. The van der Waals surface area contributed by atoms with Gasteiger partial charge in [0.1, 0.15) is 12.4 Å². The SMILES string of the molecule is COC[C@@H]1CCC[C@@H]1NC(=O)Nc1cccc(OCc2ccccc2)c1. The Kier molecular flexibility index (Phi) is 6.50. The van der Waals surface area contributed by atoms with Crippen LogP contribution >= 0.6 is 0 Å². The number of benzene rings is 2.